The molecular weight excluding hydrogens is 656 g/mol. The fourth-order valence-corrected chi connectivity index (χ4v) is 5.22. The first-order valence-corrected chi connectivity index (χ1v) is 16.6. The van der Waals surface area contributed by atoms with E-state index < -0.39 is 77.9 Å². The molecule has 1 aliphatic rings. The van der Waals surface area contributed by atoms with Crippen LogP contribution in [0.3, 0.4) is 0 Å². The summed E-state index contributed by atoms with van der Waals surface area (Å²) in [6.07, 6.45) is 0.290. The van der Waals surface area contributed by atoms with Gasteiger partial charge in [-0.1, -0.05) is 13.8 Å². The molecule has 0 saturated carbocycles. The maximum Gasteiger partial charge on any atom is 0.326 e. The number of hydrogen-bond donors (Lipinski definition) is 11. The van der Waals surface area contributed by atoms with Crippen LogP contribution in [0.5, 0.6) is 0 Å². The van der Waals surface area contributed by atoms with Crippen LogP contribution in [-0.4, -0.2) is 125 Å². The van der Waals surface area contributed by atoms with Gasteiger partial charge in [0, 0.05) is 19.6 Å². The summed E-state index contributed by atoms with van der Waals surface area (Å²) in [6, 6.07) is -7.09. The fraction of sp³-hybridized carbons (Fsp3) is 0.733. The van der Waals surface area contributed by atoms with E-state index in [1.54, 1.807) is 0 Å². The van der Waals surface area contributed by atoms with E-state index in [1.165, 1.54) is 13.8 Å². The van der Waals surface area contributed by atoms with Gasteiger partial charge in [0.15, 0.2) is 11.9 Å². The Kier molecular flexibility index (Phi) is 18.5. The minimum absolute atomic E-state index is 0.0184. The van der Waals surface area contributed by atoms with Gasteiger partial charge >= 0.3 is 5.97 Å². The van der Waals surface area contributed by atoms with Gasteiger partial charge in [-0.15, -0.1) is 0 Å². The van der Waals surface area contributed by atoms with Crippen molar-refractivity contribution in [3.63, 3.8) is 0 Å². The first-order chi connectivity index (χ1) is 23.3. The number of amides is 5. The van der Waals surface area contributed by atoms with Crippen molar-refractivity contribution in [1.82, 2.24) is 26.2 Å². The summed E-state index contributed by atoms with van der Waals surface area (Å²) in [5, 5.41) is 29.9. The monoisotopic (exact) mass is 712 g/mol. The average molecular weight is 713 g/mol. The largest absolute Gasteiger partial charge is 0.480 e. The van der Waals surface area contributed by atoms with E-state index in [4.69, 9.17) is 28.7 Å². The molecule has 0 unspecified atom stereocenters. The number of aliphatic carboxylic acids is 1. The Morgan fingerprint density at radius 2 is 1.28 bits per heavy atom. The molecule has 284 valence electrons. The van der Waals surface area contributed by atoms with Crippen LogP contribution in [0, 0.1) is 5.92 Å². The molecule has 5 amide bonds. The highest BCUT2D eigenvalue weighted by molar-refractivity contribution is 5.96. The molecule has 16 N–H and O–H groups in total. The van der Waals surface area contributed by atoms with Gasteiger partial charge in [-0.25, -0.2) is 4.79 Å². The van der Waals surface area contributed by atoms with Crippen LogP contribution in [0.25, 0.3) is 0 Å². The fourth-order valence-electron chi connectivity index (χ4n) is 5.22. The minimum atomic E-state index is -1.48. The molecule has 0 radical (unpaired) electrons. The molecule has 7 atom stereocenters. The normalized spacial score (nSPS) is 17.7. The summed E-state index contributed by atoms with van der Waals surface area (Å²) in [6.45, 7) is 6.80. The van der Waals surface area contributed by atoms with Crippen molar-refractivity contribution in [3.05, 3.63) is 0 Å². The summed E-state index contributed by atoms with van der Waals surface area (Å²) >= 11 is 0. The SMILES string of the molecule is CC(C)C[C@H](N)C(=O)N[C@@H](CCCN=C(N)N)C(=O)N[C@@H](CCCN=C(N)N)C(=O)N[C@@H](C)C(=O)N[C@H](C(=O)N1CCC[C@H]1C(=O)O)[C@@H](C)O. The first kappa shape index (κ1) is 43.3. The highest BCUT2D eigenvalue weighted by Gasteiger charge is 2.40. The second-order valence-electron chi connectivity index (χ2n) is 12.7. The lowest BCUT2D eigenvalue weighted by Gasteiger charge is -2.30. The van der Waals surface area contributed by atoms with E-state index in [0.717, 1.165) is 4.90 Å². The Hall–Kier alpha value is -4.72. The number of likely N-dealkylation sites (tertiary alicyclic amines) is 1. The average Bonchev–Trinajstić information content (AvgIpc) is 3.52. The van der Waals surface area contributed by atoms with E-state index in [0.29, 0.717) is 19.3 Å². The Morgan fingerprint density at radius 3 is 1.74 bits per heavy atom. The summed E-state index contributed by atoms with van der Waals surface area (Å²) in [4.78, 5) is 86.6. The maximum atomic E-state index is 13.5. The first-order valence-electron chi connectivity index (χ1n) is 16.6. The highest BCUT2D eigenvalue weighted by atomic mass is 16.4. The number of aliphatic hydroxyl groups excluding tert-OH is 1. The second-order valence-corrected chi connectivity index (χ2v) is 12.7. The third-order valence-electron chi connectivity index (χ3n) is 7.84. The van der Waals surface area contributed by atoms with Crippen molar-refractivity contribution in [2.45, 2.75) is 115 Å². The molecule has 20 heteroatoms. The zero-order chi connectivity index (χ0) is 38.1. The Morgan fingerprint density at radius 1 is 0.780 bits per heavy atom. The van der Waals surface area contributed by atoms with Crippen molar-refractivity contribution in [2.24, 2.45) is 44.6 Å². The van der Waals surface area contributed by atoms with Crippen LogP contribution in [0.1, 0.15) is 72.6 Å². The molecule has 0 aromatic rings. The lowest BCUT2D eigenvalue weighted by molar-refractivity contribution is -0.150. The number of guanidine groups is 2. The zero-order valence-electron chi connectivity index (χ0n) is 29.3. The number of aliphatic hydroxyl groups is 1. The molecule has 1 rings (SSSR count). The Balaban J connectivity index is 3.14. The van der Waals surface area contributed by atoms with E-state index in [1.807, 2.05) is 13.8 Å². The van der Waals surface area contributed by atoms with E-state index in [9.17, 15) is 39.0 Å². The molecule has 1 aliphatic heterocycles. The van der Waals surface area contributed by atoms with E-state index in [2.05, 4.69) is 31.3 Å². The minimum Gasteiger partial charge on any atom is -0.480 e. The second kappa shape index (κ2) is 21.4. The lowest BCUT2D eigenvalue weighted by atomic mass is 10.0. The Bertz CT molecular complexity index is 1240. The summed E-state index contributed by atoms with van der Waals surface area (Å²) < 4.78 is 0. The van der Waals surface area contributed by atoms with Crippen molar-refractivity contribution in [3.8, 4) is 0 Å². The van der Waals surface area contributed by atoms with Gasteiger partial charge in [-0.2, -0.15) is 0 Å². The highest BCUT2D eigenvalue weighted by Crippen LogP contribution is 2.19. The van der Waals surface area contributed by atoms with Crippen LogP contribution < -0.4 is 49.9 Å². The molecule has 1 fully saturated rings. The van der Waals surface area contributed by atoms with Crippen LogP contribution in [0.4, 0.5) is 0 Å². The van der Waals surface area contributed by atoms with Crippen LogP contribution in [-0.2, 0) is 28.8 Å². The molecule has 0 aliphatic carbocycles. The van der Waals surface area contributed by atoms with Gasteiger partial charge in [0.2, 0.25) is 29.5 Å². The van der Waals surface area contributed by atoms with Crippen molar-refractivity contribution in [1.29, 1.82) is 0 Å². The van der Waals surface area contributed by atoms with E-state index >= 15 is 0 Å². The smallest absolute Gasteiger partial charge is 0.326 e. The number of hydrogen-bond acceptors (Lipinski definition) is 10. The molecule has 0 spiro atoms. The summed E-state index contributed by atoms with van der Waals surface area (Å²) in [7, 11) is 0. The van der Waals surface area contributed by atoms with Crippen molar-refractivity contribution >= 4 is 47.4 Å². The zero-order valence-corrected chi connectivity index (χ0v) is 29.3. The number of carbonyl (C=O) groups is 6. The standard InChI is InChI=1S/C30H56N12O8/c1-15(2)14-18(31)24(45)39-20(9-6-12-37-30(34)35)26(47)40-19(8-5-11-36-29(32)33)25(46)38-16(3)23(44)41-22(17(4)43)27(48)42-13-7-10-21(42)28(49)50/h15-22,43H,5-14,31H2,1-4H3,(H,38,46)(H,39,45)(H,40,47)(H,41,44)(H,49,50)(H4,32,33,36)(H4,34,35,37)/t16-,17+,18-,19-,20-,21-,22-/m0/s1. The molecule has 1 heterocycles. The van der Waals surface area contributed by atoms with Gasteiger partial charge in [0.25, 0.3) is 0 Å². The number of carbonyl (C=O) groups excluding carboxylic acids is 5. The van der Waals surface area contributed by atoms with Crippen LogP contribution in [0.15, 0.2) is 9.98 Å². The number of nitrogens with one attached hydrogen (secondary N) is 4. The molecule has 0 bridgehead atoms. The number of nitrogens with zero attached hydrogens (tertiary/aromatic N) is 3. The number of nitrogens with two attached hydrogens (primary N) is 5. The van der Waals surface area contributed by atoms with Crippen LogP contribution in [0.2, 0.25) is 0 Å². The molecular formula is C30H56N12O8. The third-order valence-corrected chi connectivity index (χ3v) is 7.84. The van der Waals surface area contributed by atoms with Crippen LogP contribution >= 0.6 is 0 Å². The topological polar surface area (TPSA) is 349 Å². The number of carboxylic acid groups (broad SMARTS) is 1. The lowest BCUT2D eigenvalue weighted by Crippen LogP contribution is -2.60. The van der Waals surface area contributed by atoms with Gasteiger partial charge < -0.3 is 65.0 Å². The molecule has 1 saturated heterocycles. The van der Waals surface area contributed by atoms with Gasteiger partial charge in [-0.05, 0) is 64.7 Å². The predicted octanol–water partition coefficient (Wildman–Crippen LogP) is -4.12. The van der Waals surface area contributed by atoms with Gasteiger partial charge in [-0.3, -0.25) is 34.0 Å². The quantitative estimate of drug-likeness (QED) is 0.0306. The molecule has 0 aromatic heterocycles. The predicted molar refractivity (Wildman–Crippen MR) is 185 cm³/mol. The molecule has 0 aromatic carbocycles. The number of rotatable bonds is 21. The third kappa shape index (κ3) is 15.2. The van der Waals surface area contributed by atoms with E-state index in [-0.39, 0.29) is 63.2 Å². The van der Waals surface area contributed by atoms with Gasteiger partial charge in [0.05, 0.1) is 12.1 Å². The maximum absolute atomic E-state index is 13.5. The Labute approximate surface area is 291 Å². The van der Waals surface area contributed by atoms with Gasteiger partial charge in [0.1, 0.15) is 30.2 Å². The number of aliphatic imine (C=N–C) groups is 2. The van der Waals surface area contributed by atoms with Crippen molar-refractivity contribution < 1.29 is 39.0 Å². The summed E-state index contributed by atoms with van der Waals surface area (Å²) in [5.74, 6) is -5.09. The number of carboxylic acids is 1. The van der Waals surface area contributed by atoms with Crippen molar-refractivity contribution in [2.75, 3.05) is 19.6 Å². The molecule has 20 nitrogen and oxygen atoms in total. The molecule has 50 heavy (non-hydrogen) atoms. The summed E-state index contributed by atoms with van der Waals surface area (Å²) in [5.41, 5.74) is 27.6.